The van der Waals surface area contributed by atoms with E-state index >= 15 is 0 Å². The number of rotatable bonds is 4. The van der Waals surface area contributed by atoms with E-state index in [0.717, 1.165) is 12.2 Å². The van der Waals surface area contributed by atoms with Crippen molar-refractivity contribution in [1.29, 1.82) is 0 Å². The maximum Gasteiger partial charge on any atom is 0.322 e. The van der Waals surface area contributed by atoms with Gasteiger partial charge in [-0.3, -0.25) is 4.57 Å². The van der Waals surface area contributed by atoms with Crippen LogP contribution in [0.2, 0.25) is 5.28 Å². The van der Waals surface area contributed by atoms with Crippen molar-refractivity contribution in [3.05, 3.63) is 23.5 Å². The largest absolute Gasteiger partial charge is 0.464 e. The van der Waals surface area contributed by atoms with E-state index in [1.807, 2.05) is 13.8 Å². The monoisotopic (exact) mass is 253 g/mol. The number of halogens is 1. The average Bonchev–Trinajstić information content (AvgIpc) is 2.76. The smallest absolute Gasteiger partial charge is 0.322 e. The van der Waals surface area contributed by atoms with Crippen LogP contribution >= 0.6 is 11.6 Å². The Bertz CT molecular complexity index is 513. The Morgan fingerprint density at radius 1 is 1.29 bits per heavy atom. The Morgan fingerprint density at radius 2 is 2.12 bits per heavy atom. The summed E-state index contributed by atoms with van der Waals surface area (Å²) >= 11 is 5.82. The zero-order valence-corrected chi connectivity index (χ0v) is 10.3. The fourth-order valence-electron chi connectivity index (χ4n) is 1.40. The van der Waals surface area contributed by atoms with E-state index in [4.69, 9.17) is 16.3 Å². The molecule has 17 heavy (non-hydrogen) atoms. The first-order valence-corrected chi connectivity index (χ1v) is 5.69. The standard InChI is InChI=1S/C10H12ClN5O/c1-3-7-12-5-6-16(7)9-13-8(11)14-10(15-9)17-4-2/h5-6H,3-4H2,1-2H3. The van der Waals surface area contributed by atoms with Crippen LogP contribution in [0.4, 0.5) is 0 Å². The molecule has 0 radical (unpaired) electrons. The van der Waals surface area contributed by atoms with Crippen LogP contribution in [0.25, 0.3) is 5.95 Å². The molecule has 0 aliphatic carbocycles. The normalized spacial score (nSPS) is 10.5. The van der Waals surface area contributed by atoms with Crippen LogP contribution in [0.1, 0.15) is 19.7 Å². The molecule has 0 bridgehead atoms. The van der Waals surface area contributed by atoms with E-state index in [1.54, 1.807) is 17.0 Å². The van der Waals surface area contributed by atoms with Crippen molar-refractivity contribution in [3.8, 4) is 12.0 Å². The third-order valence-electron chi connectivity index (χ3n) is 2.10. The van der Waals surface area contributed by atoms with E-state index in [9.17, 15) is 0 Å². The molecule has 7 heteroatoms. The van der Waals surface area contributed by atoms with Crippen LogP contribution in [0, 0.1) is 0 Å². The molecule has 0 amide bonds. The number of nitrogens with zero attached hydrogens (tertiary/aromatic N) is 5. The molecule has 90 valence electrons. The van der Waals surface area contributed by atoms with E-state index in [2.05, 4.69) is 19.9 Å². The van der Waals surface area contributed by atoms with Crippen LogP contribution in [-0.4, -0.2) is 31.1 Å². The molecule has 0 fully saturated rings. The van der Waals surface area contributed by atoms with Crippen molar-refractivity contribution in [1.82, 2.24) is 24.5 Å². The van der Waals surface area contributed by atoms with Gasteiger partial charge in [-0.15, -0.1) is 0 Å². The van der Waals surface area contributed by atoms with E-state index in [1.165, 1.54) is 0 Å². The van der Waals surface area contributed by atoms with Gasteiger partial charge in [0.25, 0.3) is 0 Å². The lowest BCUT2D eigenvalue weighted by atomic mass is 10.4. The molecule has 2 rings (SSSR count). The van der Waals surface area contributed by atoms with E-state index in [-0.39, 0.29) is 11.3 Å². The summed E-state index contributed by atoms with van der Waals surface area (Å²) in [7, 11) is 0. The summed E-state index contributed by atoms with van der Waals surface area (Å²) in [5.74, 6) is 1.28. The minimum atomic E-state index is 0.106. The fourth-order valence-corrected chi connectivity index (χ4v) is 1.55. The topological polar surface area (TPSA) is 65.7 Å². The summed E-state index contributed by atoms with van der Waals surface area (Å²) < 4.78 is 6.98. The van der Waals surface area contributed by atoms with Gasteiger partial charge in [0, 0.05) is 18.8 Å². The predicted molar refractivity (Wildman–Crippen MR) is 62.5 cm³/mol. The van der Waals surface area contributed by atoms with Gasteiger partial charge in [0.1, 0.15) is 5.82 Å². The van der Waals surface area contributed by atoms with Crippen molar-refractivity contribution < 1.29 is 4.74 Å². The third-order valence-corrected chi connectivity index (χ3v) is 2.27. The summed E-state index contributed by atoms with van der Waals surface area (Å²) in [6, 6.07) is 0.221. The third kappa shape index (κ3) is 2.52. The Balaban J connectivity index is 2.44. The van der Waals surface area contributed by atoms with Crippen LogP contribution in [0.15, 0.2) is 12.4 Å². The molecular weight excluding hydrogens is 242 g/mol. The molecule has 0 aliphatic heterocycles. The van der Waals surface area contributed by atoms with Gasteiger partial charge in [-0.25, -0.2) is 4.98 Å². The molecule has 0 spiro atoms. The number of hydrogen-bond donors (Lipinski definition) is 0. The molecule has 0 atom stereocenters. The number of hydrogen-bond acceptors (Lipinski definition) is 5. The van der Waals surface area contributed by atoms with Crippen LogP contribution in [0.5, 0.6) is 6.01 Å². The van der Waals surface area contributed by atoms with E-state index < -0.39 is 0 Å². The molecule has 0 saturated heterocycles. The predicted octanol–water partition coefficient (Wildman–Crippen LogP) is 1.67. The Hall–Kier alpha value is -1.69. The molecule has 6 nitrogen and oxygen atoms in total. The Labute approximate surface area is 104 Å². The van der Waals surface area contributed by atoms with Gasteiger partial charge in [0.05, 0.1) is 6.61 Å². The molecule has 0 unspecified atom stereocenters. The zero-order valence-electron chi connectivity index (χ0n) is 9.59. The number of ether oxygens (including phenoxy) is 1. The van der Waals surface area contributed by atoms with Crippen molar-refractivity contribution >= 4 is 11.6 Å². The van der Waals surface area contributed by atoms with Gasteiger partial charge in [-0.1, -0.05) is 6.92 Å². The number of imidazole rings is 1. The van der Waals surface area contributed by atoms with Crippen molar-refractivity contribution in [2.24, 2.45) is 0 Å². The second kappa shape index (κ2) is 5.09. The first-order chi connectivity index (χ1) is 8.24. The maximum absolute atomic E-state index is 5.82. The molecule has 0 N–H and O–H groups in total. The Morgan fingerprint density at radius 3 is 2.82 bits per heavy atom. The van der Waals surface area contributed by atoms with Gasteiger partial charge in [-0.2, -0.15) is 15.0 Å². The lowest BCUT2D eigenvalue weighted by Crippen LogP contribution is -2.08. The van der Waals surface area contributed by atoms with Gasteiger partial charge in [0.15, 0.2) is 0 Å². The molecule has 2 aromatic heterocycles. The van der Waals surface area contributed by atoms with Crippen LogP contribution < -0.4 is 4.74 Å². The summed E-state index contributed by atoms with van der Waals surface area (Å²) in [5, 5.41) is 0.106. The SMILES string of the molecule is CCOc1nc(Cl)nc(-n2ccnc2CC)n1. The summed E-state index contributed by atoms with van der Waals surface area (Å²) in [6.07, 6.45) is 4.25. The molecular formula is C10H12ClN5O. The first-order valence-electron chi connectivity index (χ1n) is 5.31. The molecule has 2 heterocycles. The minimum absolute atomic E-state index is 0.106. The maximum atomic E-state index is 5.82. The average molecular weight is 254 g/mol. The highest BCUT2D eigenvalue weighted by molar-refractivity contribution is 6.28. The molecule has 2 aromatic rings. The second-order valence-electron chi connectivity index (χ2n) is 3.19. The number of aromatic nitrogens is 5. The minimum Gasteiger partial charge on any atom is -0.464 e. The van der Waals surface area contributed by atoms with Gasteiger partial charge in [-0.05, 0) is 18.5 Å². The molecule has 0 aromatic carbocycles. The highest BCUT2D eigenvalue weighted by atomic mass is 35.5. The zero-order chi connectivity index (χ0) is 12.3. The fraction of sp³-hybridized carbons (Fsp3) is 0.400. The summed E-state index contributed by atoms with van der Waals surface area (Å²) in [5.41, 5.74) is 0. The first kappa shape index (κ1) is 11.8. The quantitative estimate of drug-likeness (QED) is 0.829. The van der Waals surface area contributed by atoms with E-state index in [0.29, 0.717) is 12.6 Å². The van der Waals surface area contributed by atoms with Crippen LogP contribution in [0.3, 0.4) is 0 Å². The Kier molecular flexibility index (Phi) is 3.53. The lowest BCUT2D eigenvalue weighted by Gasteiger charge is -2.06. The van der Waals surface area contributed by atoms with Gasteiger partial charge >= 0.3 is 6.01 Å². The summed E-state index contributed by atoms with van der Waals surface area (Å²) in [6.45, 7) is 4.33. The number of aryl methyl sites for hydroxylation is 1. The highest BCUT2D eigenvalue weighted by Gasteiger charge is 2.10. The summed E-state index contributed by atoms with van der Waals surface area (Å²) in [4.78, 5) is 16.3. The molecule has 0 saturated carbocycles. The van der Waals surface area contributed by atoms with Crippen molar-refractivity contribution in [3.63, 3.8) is 0 Å². The molecule has 0 aliphatic rings. The highest BCUT2D eigenvalue weighted by Crippen LogP contribution is 2.13. The van der Waals surface area contributed by atoms with Crippen molar-refractivity contribution in [2.75, 3.05) is 6.61 Å². The second-order valence-corrected chi connectivity index (χ2v) is 3.53. The van der Waals surface area contributed by atoms with Crippen molar-refractivity contribution in [2.45, 2.75) is 20.3 Å². The lowest BCUT2D eigenvalue weighted by molar-refractivity contribution is 0.311. The van der Waals surface area contributed by atoms with Crippen LogP contribution in [-0.2, 0) is 6.42 Å². The van der Waals surface area contributed by atoms with Gasteiger partial charge < -0.3 is 4.74 Å². The van der Waals surface area contributed by atoms with Gasteiger partial charge in [0.2, 0.25) is 11.2 Å².